The molecule has 21 heavy (non-hydrogen) atoms. The zero-order chi connectivity index (χ0) is 15.1. The molecule has 0 fully saturated rings. The van der Waals surface area contributed by atoms with Crippen LogP contribution in [0.1, 0.15) is 17.5 Å². The fourth-order valence-corrected chi connectivity index (χ4v) is 1.82. The second-order valence-corrected chi connectivity index (χ2v) is 4.72. The molecule has 2 nitrogen and oxygen atoms in total. The average molecular weight is 305 g/mol. The van der Waals surface area contributed by atoms with Gasteiger partial charge in [-0.15, -0.1) is 0 Å². The van der Waals surface area contributed by atoms with Crippen LogP contribution in [0.4, 0.5) is 4.39 Å². The minimum absolute atomic E-state index is 0.0279. The third kappa shape index (κ3) is 4.49. The van der Waals surface area contributed by atoms with E-state index in [1.807, 2.05) is 18.2 Å². The van der Waals surface area contributed by atoms with Crippen molar-refractivity contribution in [2.24, 2.45) is 0 Å². The molecule has 0 aliphatic heterocycles. The number of rotatable bonds is 4. The Bertz CT molecular complexity index is 674. The highest BCUT2D eigenvalue weighted by Gasteiger charge is 2.04. The van der Waals surface area contributed by atoms with E-state index in [9.17, 15) is 4.39 Å². The molecule has 0 saturated heterocycles. The van der Waals surface area contributed by atoms with Gasteiger partial charge in [-0.05, 0) is 29.8 Å². The summed E-state index contributed by atoms with van der Waals surface area (Å²) in [6, 6.07) is 11.9. The lowest BCUT2D eigenvalue weighted by Gasteiger charge is -2.08. The number of halogens is 2. The molecule has 2 rings (SSSR count). The van der Waals surface area contributed by atoms with Crippen molar-refractivity contribution in [3.8, 4) is 17.6 Å². The zero-order valence-electron chi connectivity index (χ0n) is 11.3. The van der Waals surface area contributed by atoms with Crippen molar-refractivity contribution >= 4 is 11.6 Å². The van der Waals surface area contributed by atoms with E-state index in [4.69, 9.17) is 21.4 Å². The molecule has 1 N–H and O–H groups in total. The first kappa shape index (κ1) is 15.4. The van der Waals surface area contributed by atoms with Gasteiger partial charge in [0, 0.05) is 6.42 Å². The molecular formula is C17H14ClFO2. The molecule has 0 aliphatic rings. The maximum absolute atomic E-state index is 13.4. The fourth-order valence-electron chi connectivity index (χ4n) is 1.70. The molecule has 2 aromatic carbocycles. The van der Waals surface area contributed by atoms with Crippen LogP contribution < -0.4 is 4.74 Å². The van der Waals surface area contributed by atoms with Crippen LogP contribution in [-0.4, -0.2) is 11.7 Å². The van der Waals surface area contributed by atoms with Gasteiger partial charge in [0.05, 0.1) is 17.2 Å². The number of para-hydroxylation sites is 1. The molecule has 4 heteroatoms. The molecule has 0 heterocycles. The van der Waals surface area contributed by atoms with Gasteiger partial charge in [0.2, 0.25) is 0 Å². The highest BCUT2D eigenvalue weighted by atomic mass is 35.5. The largest absolute Gasteiger partial charge is 0.488 e. The van der Waals surface area contributed by atoms with Crippen LogP contribution in [0, 0.1) is 17.7 Å². The molecule has 2 aromatic rings. The number of aliphatic hydroxyl groups excluding tert-OH is 1. The van der Waals surface area contributed by atoms with Gasteiger partial charge in [0.15, 0.2) is 0 Å². The first-order chi connectivity index (χ1) is 10.2. The van der Waals surface area contributed by atoms with Crippen LogP contribution in [-0.2, 0) is 6.61 Å². The Morgan fingerprint density at radius 1 is 1.19 bits per heavy atom. The Labute approximate surface area is 128 Å². The van der Waals surface area contributed by atoms with Crippen molar-refractivity contribution in [3.05, 3.63) is 64.4 Å². The van der Waals surface area contributed by atoms with Crippen molar-refractivity contribution in [1.82, 2.24) is 0 Å². The monoisotopic (exact) mass is 304 g/mol. The number of ether oxygens (including phenoxy) is 1. The second kappa shape index (κ2) is 7.68. The van der Waals surface area contributed by atoms with E-state index in [0.29, 0.717) is 17.7 Å². The fraction of sp³-hybridized carbons (Fsp3) is 0.176. The van der Waals surface area contributed by atoms with Gasteiger partial charge in [-0.1, -0.05) is 41.6 Å². The first-order valence-corrected chi connectivity index (χ1v) is 6.84. The molecule has 0 spiro atoms. The van der Waals surface area contributed by atoms with Gasteiger partial charge in [-0.2, -0.15) is 0 Å². The van der Waals surface area contributed by atoms with Gasteiger partial charge < -0.3 is 9.84 Å². The van der Waals surface area contributed by atoms with Crippen molar-refractivity contribution in [3.63, 3.8) is 0 Å². The standard InChI is InChI=1S/C17H14ClFO2/c18-15-9-8-13(11-16(15)19)12-21-17-7-2-1-5-14(17)6-3-4-10-20/h1-2,5,7-9,11,20H,4,10,12H2. The Morgan fingerprint density at radius 2 is 2.00 bits per heavy atom. The molecule has 0 amide bonds. The number of benzene rings is 2. The van der Waals surface area contributed by atoms with E-state index in [1.54, 1.807) is 12.1 Å². The smallest absolute Gasteiger partial charge is 0.142 e. The summed E-state index contributed by atoms with van der Waals surface area (Å²) in [4.78, 5) is 0. The topological polar surface area (TPSA) is 29.5 Å². The molecule has 0 atom stereocenters. The van der Waals surface area contributed by atoms with Gasteiger partial charge in [0.1, 0.15) is 18.2 Å². The highest BCUT2D eigenvalue weighted by molar-refractivity contribution is 6.30. The van der Waals surface area contributed by atoms with Crippen molar-refractivity contribution in [1.29, 1.82) is 0 Å². The Hall–Kier alpha value is -2.02. The molecular weight excluding hydrogens is 291 g/mol. The van der Waals surface area contributed by atoms with Gasteiger partial charge in [-0.25, -0.2) is 4.39 Å². The van der Waals surface area contributed by atoms with Crippen molar-refractivity contribution in [2.75, 3.05) is 6.61 Å². The summed E-state index contributed by atoms with van der Waals surface area (Å²) >= 11 is 5.64. The van der Waals surface area contributed by atoms with Crippen LogP contribution in [0.2, 0.25) is 5.02 Å². The lowest BCUT2D eigenvalue weighted by atomic mass is 10.2. The highest BCUT2D eigenvalue weighted by Crippen LogP contribution is 2.20. The molecule has 0 radical (unpaired) electrons. The van der Waals surface area contributed by atoms with Gasteiger partial charge >= 0.3 is 0 Å². The minimum atomic E-state index is -0.464. The quantitative estimate of drug-likeness (QED) is 0.871. The summed E-state index contributed by atoms with van der Waals surface area (Å²) in [5, 5.41) is 8.83. The molecule has 0 bridgehead atoms. The maximum atomic E-state index is 13.4. The molecule has 0 aliphatic carbocycles. The van der Waals surface area contributed by atoms with E-state index in [1.165, 1.54) is 12.1 Å². The Kier molecular flexibility index (Phi) is 5.62. The number of hydrogen-bond acceptors (Lipinski definition) is 2. The van der Waals surface area contributed by atoms with Crippen LogP contribution >= 0.6 is 11.6 Å². The van der Waals surface area contributed by atoms with E-state index >= 15 is 0 Å². The molecule has 0 saturated carbocycles. The van der Waals surface area contributed by atoms with Crippen molar-refractivity contribution < 1.29 is 14.2 Å². The minimum Gasteiger partial charge on any atom is -0.488 e. The van der Waals surface area contributed by atoms with Gasteiger partial charge in [-0.3, -0.25) is 0 Å². The normalized spacial score (nSPS) is 9.86. The molecule has 108 valence electrons. The summed E-state index contributed by atoms with van der Waals surface area (Å²) in [6.07, 6.45) is 0.413. The zero-order valence-corrected chi connectivity index (χ0v) is 12.0. The van der Waals surface area contributed by atoms with Crippen molar-refractivity contribution in [2.45, 2.75) is 13.0 Å². The summed E-state index contributed by atoms with van der Waals surface area (Å²) in [6.45, 7) is 0.257. The average Bonchev–Trinajstić information content (AvgIpc) is 2.50. The van der Waals surface area contributed by atoms with E-state index in [0.717, 1.165) is 5.56 Å². The van der Waals surface area contributed by atoms with E-state index in [2.05, 4.69) is 11.8 Å². The number of hydrogen-bond donors (Lipinski definition) is 1. The second-order valence-electron chi connectivity index (χ2n) is 4.31. The predicted molar refractivity (Wildman–Crippen MR) is 80.8 cm³/mol. The summed E-state index contributed by atoms with van der Waals surface area (Å²) in [7, 11) is 0. The van der Waals surface area contributed by atoms with E-state index < -0.39 is 5.82 Å². The van der Waals surface area contributed by atoms with Crippen LogP contribution in [0.25, 0.3) is 0 Å². The lowest BCUT2D eigenvalue weighted by Crippen LogP contribution is -1.98. The van der Waals surface area contributed by atoms with Crippen LogP contribution in [0.3, 0.4) is 0 Å². The van der Waals surface area contributed by atoms with Crippen LogP contribution in [0.5, 0.6) is 5.75 Å². The summed E-state index contributed by atoms with van der Waals surface area (Å²) in [5.41, 5.74) is 1.43. The third-order valence-electron chi connectivity index (χ3n) is 2.73. The molecule has 0 unspecified atom stereocenters. The SMILES string of the molecule is OCCC#Cc1ccccc1OCc1ccc(Cl)c(F)c1. The predicted octanol–water partition coefficient (Wildman–Crippen LogP) is 3.79. The lowest BCUT2D eigenvalue weighted by molar-refractivity contribution is 0.304. The third-order valence-corrected chi connectivity index (χ3v) is 3.03. The summed E-state index contributed by atoms with van der Waals surface area (Å²) in [5.74, 6) is 5.95. The number of aliphatic hydroxyl groups is 1. The first-order valence-electron chi connectivity index (χ1n) is 6.46. The summed E-state index contributed by atoms with van der Waals surface area (Å²) < 4.78 is 19.0. The van der Waals surface area contributed by atoms with Gasteiger partial charge in [0.25, 0.3) is 0 Å². The van der Waals surface area contributed by atoms with E-state index in [-0.39, 0.29) is 18.2 Å². The Morgan fingerprint density at radius 3 is 2.76 bits per heavy atom. The molecule has 0 aromatic heterocycles. The Balaban J connectivity index is 2.09. The van der Waals surface area contributed by atoms with Crippen LogP contribution in [0.15, 0.2) is 42.5 Å². The maximum Gasteiger partial charge on any atom is 0.142 e.